The van der Waals surface area contributed by atoms with Gasteiger partial charge < -0.3 is 11.1 Å². The number of rotatable bonds is 2. The number of hydrogen-bond acceptors (Lipinski definition) is 2. The number of hydrogen-bond donors (Lipinski definition) is 2. The van der Waals surface area contributed by atoms with Crippen LogP contribution in [0.5, 0.6) is 0 Å². The van der Waals surface area contributed by atoms with E-state index in [1.54, 1.807) is 6.07 Å². The Balaban J connectivity index is 2.83. The lowest BCUT2D eigenvalue weighted by Gasteiger charge is -2.09. The normalized spacial score (nSPS) is 10.6. The summed E-state index contributed by atoms with van der Waals surface area (Å²) >= 11 is 0. The average molecular weight is 270 g/mol. The molecule has 0 aliphatic rings. The van der Waals surface area contributed by atoms with Gasteiger partial charge >= 0.3 is 6.18 Å². The number of benzene rings is 1. The lowest BCUT2D eigenvalue weighted by Crippen LogP contribution is -2.21. The van der Waals surface area contributed by atoms with Gasteiger partial charge in [0.25, 0.3) is 0 Å². The summed E-state index contributed by atoms with van der Waals surface area (Å²) < 4.78 is 36.1. The van der Waals surface area contributed by atoms with Crippen LogP contribution in [0.15, 0.2) is 18.2 Å². The first-order valence-corrected chi connectivity index (χ1v) is 5.48. The number of aryl methyl sites for hydroxylation is 1. The number of carbonyl (C=O) groups is 1. The van der Waals surface area contributed by atoms with Gasteiger partial charge in [-0.15, -0.1) is 0 Å². The summed E-state index contributed by atoms with van der Waals surface area (Å²) in [7, 11) is 0. The van der Waals surface area contributed by atoms with E-state index in [0.717, 1.165) is 5.56 Å². The number of nitrogens with one attached hydrogen (secondary N) is 1. The lowest BCUT2D eigenvalue weighted by molar-refractivity contribution is -0.150. The minimum Gasteiger partial charge on any atom is -0.326 e. The van der Waals surface area contributed by atoms with Gasteiger partial charge in [-0.2, -0.15) is 13.2 Å². The van der Waals surface area contributed by atoms with Crippen molar-refractivity contribution in [3.8, 4) is 11.8 Å². The molecule has 0 radical (unpaired) electrons. The van der Waals surface area contributed by atoms with Crippen molar-refractivity contribution >= 4 is 11.6 Å². The molecule has 102 valence electrons. The molecule has 1 rings (SSSR count). The standard InChI is InChI=1S/C13H13F3N2O/c1-9-4-5-11(7-10(9)3-2-6-17)18-12(19)8-13(14,15)16/h4-5,7H,6,8,17H2,1H3,(H,18,19). The minimum absolute atomic E-state index is 0.185. The fraction of sp³-hybridized carbons (Fsp3) is 0.308. The maximum atomic E-state index is 12.0. The van der Waals surface area contributed by atoms with Gasteiger partial charge in [0.05, 0.1) is 6.54 Å². The highest BCUT2D eigenvalue weighted by Crippen LogP contribution is 2.21. The van der Waals surface area contributed by atoms with Crippen LogP contribution in [0.2, 0.25) is 0 Å². The minimum atomic E-state index is -4.52. The molecule has 1 amide bonds. The molecule has 0 spiro atoms. The predicted molar refractivity (Wildman–Crippen MR) is 66.4 cm³/mol. The first-order valence-electron chi connectivity index (χ1n) is 5.48. The van der Waals surface area contributed by atoms with Crippen molar-refractivity contribution < 1.29 is 18.0 Å². The SMILES string of the molecule is Cc1ccc(NC(=O)CC(F)(F)F)cc1C#CCN. The Morgan fingerprint density at radius 2 is 2.11 bits per heavy atom. The fourth-order valence-electron chi connectivity index (χ4n) is 1.37. The zero-order chi connectivity index (χ0) is 14.5. The molecule has 0 saturated carbocycles. The molecule has 0 aliphatic carbocycles. The van der Waals surface area contributed by atoms with Crippen LogP contribution >= 0.6 is 0 Å². The average Bonchev–Trinajstić information content (AvgIpc) is 2.27. The molecule has 3 nitrogen and oxygen atoms in total. The van der Waals surface area contributed by atoms with Gasteiger partial charge in [-0.3, -0.25) is 4.79 Å². The number of anilines is 1. The van der Waals surface area contributed by atoms with Gasteiger partial charge in [0.2, 0.25) is 5.91 Å². The van der Waals surface area contributed by atoms with Gasteiger partial charge in [0.15, 0.2) is 0 Å². The molecule has 0 fully saturated rings. The molecule has 0 aromatic heterocycles. The molecule has 1 aromatic rings. The molecular weight excluding hydrogens is 257 g/mol. The Bertz CT molecular complexity index is 527. The Morgan fingerprint density at radius 3 is 2.68 bits per heavy atom. The van der Waals surface area contributed by atoms with Crippen molar-refractivity contribution in [3.63, 3.8) is 0 Å². The molecule has 0 aliphatic heterocycles. The molecule has 19 heavy (non-hydrogen) atoms. The van der Waals surface area contributed by atoms with Crippen LogP contribution in [0.1, 0.15) is 17.5 Å². The summed E-state index contributed by atoms with van der Waals surface area (Å²) in [4.78, 5) is 11.2. The maximum Gasteiger partial charge on any atom is 0.397 e. The molecule has 6 heteroatoms. The van der Waals surface area contributed by atoms with E-state index in [4.69, 9.17) is 5.73 Å². The monoisotopic (exact) mass is 270 g/mol. The molecule has 0 unspecified atom stereocenters. The second-order valence-corrected chi connectivity index (χ2v) is 3.88. The summed E-state index contributed by atoms with van der Waals surface area (Å²) in [5.41, 5.74) is 7.00. The zero-order valence-corrected chi connectivity index (χ0v) is 10.3. The van der Waals surface area contributed by atoms with Crippen LogP contribution in [0, 0.1) is 18.8 Å². The van der Waals surface area contributed by atoms with Gasteiger partial charge in [-0.05, 0) is 24.6 Å². The third-order valence-corrected chi connectivity index (χ3v) is 2.21. The molecule has 0 saturated heterocycles. The van der Waals surface area contributed by atoms with Crippen LogP contribution in [0.25, 0.3) is 0 Å². The third-order valence-electron chi connectivity index (χ3n) is 2.21. The van der Waals surface area contributed by atoms with E-state index >= 15 is 0 Å². The van der Waals surface area contributed by atoms with Crippen molar-refractivity contribution in [2.75, 3.05) is 11.9 Å². The summed E-state index contributed by atoms with van der Waals surface area (Å²) in [6, 6.07) is 4.72. The molecule has 3 N–H and O–H groups in total. The van der Waals surface area contributed by atoms with Crippen molar-refractivity contribution in [2.45, 2.75) is 19.5 Å². The molecule has 0 heterocycles. The van der Waals surface area contributed by atoms with Gasteiger partial charge in [0, 0.05) is 11.3 Å². The molecular formula is C13H13F3N2O. The lowest BCUT2D eigenvalue weighted by atomic mass is 10.1. The van der Waals surface area contributed by atoms with E-state index in [2.05, 4.69) is 17.2 Å². The van der Waals surface area contributed by atoms with E-state index in [1.165, 1.54) is 12.1 Å². The van der Waals surface area contributed by atoms with E-state index in [0.29, 0.717) is 5.56 Å². The van der Waals surface area contributed by atoms with Gasteiger partial charge in [-0.25, -0.2) is 0 Å². The maximum absolute atomic E-state index is 12.0. The number of nitrogens with two attached hydrogens (primary N) is 1. The second kappa shape index (κ2) is 6.25. The predicted octanol–water partition coefficient (Wildman–Crippen LogP) is 2.20. The van der Waals surface area contributed by atoms with Crippen LogP contribution in [0.3, 0.4) is 0 Å². The smallest absolute Gasteiger partial charge is 0.326 e. The van der Waals surface area contributed by atoms with Crippen LogP contribution in [-0.2, 0) is 4.79 Å². The topological polar surface area (TPSA) is 55.1 Å². The highest BCUT2D eigenvalue weighted by atomic mass is 19.4. The Kier molecular flexibility index (Phi) is 4.95. The summed E-state index contributed by atoms with van der Waals surface area (Å²) in [6.07, 6.45) is -6.03. The van der Waals surface area contributed by atoms with Crippen molar-refractivity contribution in [2.24, 2.45) is 5.73 Å². The van der Waals surface area contributed by atoms with Crippen molar-refractivity contribution in [1.29, 1.82) is 0 Å². The number of carbonyl (C=O) groups excluding carboxylic acids is 1. The number of amides is 1. The molecule has 0 bridgehead atoms. The Labute approximate surface area is 109 Å². The Hall–Kier alpha value is -2.00. The third kappa shape index (κ3) is 5.44. The van der Waals surface area contributed by atoms with E-state index < -0.39 is 18.5 Å². The van der Waals surface area contributed by atoms with Crippen molar-refractivity contribution in [1.82, 2.24) is 0 Å². The highest BCUT2D eigenvalue weighted by Gasteiger charge is 2.31. The fourth-order valence-corrected chi connectivity index (χ4v) is 1.37. The first-order chi connectivity index (χ1) is 8.81. The number of alkyl halides is 3. The van der Waals surface area contributed by atoms with Crippen LogP contribution in [0.4, 0.5) is 18.9 Å². The van der Waals surface area contributed by atoms with Crippen molar-refractivity contribution in [3.05, 3.63) is 29.3 Å². The van der Waals surface area contributed by atoms with Crippen LogP contribution in [-0.4, -0.2) is 18.6 Å². The molecule has 1 aromatic carbocycles. The van der Waals surface area contributed by atoms with Crippen LogP contribution < -0.4 is 11.1 Å². The zero-order valence-electron chi connectivity index (χ0n) is 10.3. The molecule has 0 atom stereocenters. The van der Waals surface area contributed by atoms with E-state index in [-0.39, 0.29) is 12.2 Å². The second-order valence-electron chi connectivity index (χ2n) is 3.88. The number of halogens is 3. The highest BCUT2D eigenvalue weighted by molar-refractivity contribution is 5.91. The Morgan fingerprint density at radius 1 is 1.42 bits per heavy atom. The quantitative estimate of drug-likeness (QED) is 0.809. The van der Waals surface area contributed by atoms with E-state index in [1.807, 2.05) is 6.92 Å². The van der Waals surface area contributed by atoms with Gasteiger partial charge in [0.1, 0.15) is 6.42 Å². The van der Waals surface area contributed by atoms with E-state index in [9.17, 15) is 18.0 Å². The first kappa shape index (κ1) is 15.1. The largest absolute Gasteiger partial charge is 0.397 e. The summed E-state index contributed by atoms with van der Waals surface area (Å²) in [6.45, 7) is 1.99. The summed E-state index contributed by atoms with van der Waals surface area (Å²) in [5, 5.41) is 2.18. The summed E-state index contributed by atoms with van der Waals surface area (Å²) in [5.74, 6) is 4.33. The van der Waals surface area contributed by atoms with Gasteiger partial charge in [-0.1, -0.05) is 17.9 Å².